The van der Waals surface area contributed by atoms with Crippen LogP contribution in [0, 0.1) is 12.8 Å². The van der Waals surface area contributed by atoms with E-state index in [1.54, 1.807) is 0 Å². The minimum absolute atomic E-state index is 0.747. The number of piperidine rings is 1. The predicted octanol–water partition coefficient (Wildman–Crippen LogP) is 5.30. The molecule has 0 saturated carbocycles. The van der Waals surface area contributed by atoms with E-state index in [-0.39, 0.29) is 0 Å². The molecule has 1 aliphatic heterocycles. The van der Waals surface area contributed by atoms with E-state index in [2.05, 4.69) is 65.7 Å². The van der Waals surface area contributed by atoms with Gasteiger partial charge in [-0.2, -0.15) is 0 Å². The monoisotopic (exact) mass is 387 g/mol. The van der Waals surface area contributed by atoms with Gasteiger partial charge >= 0.3 is 0 Å². The molecule has 0 aliphatic carbocycles. The van der Waals surface area contributed by atoms with Gasteiger partial charge in [0, 0.05) is 47.7 Å². The first-order valence-corrected chi connectivity index (χ1v) is 10.7. The second-order valence-corrected chi connectivity index (χ2v) is 8.61. The number of aryl methyl sites for hydroxylation is 2. The van der Waals surface area contributed by atoms with Gasteiger partial charge in [-0.3, -0.25) is 9.88 Å². The van der Waals surface area contributed by atoms with Crippen molar-refractivity contribution in [2.45, 2.75) is 26.7 Å². The normalized spacial score (nSPS) is 16.2. The van der Waals surface area contributed by atoms with E-state index in [1.165, 1.54) is 64.1 Å². The molecule has 3 heterocycles. The van der Waals surface area contributed by atoms with Crippen LogP contribution >= 0.6 is 0 Å². The van der Waals surface area contributed by atoms with Crippen molar-refractivity contribution in [2.75, 3.05) is 26.2 Å². The second kappa shape index (κ2) is 7.34. The third-order valence-electron chi connectivity index (χ3n) is 6.67. The Balaban J connectivity index is 1.45. The highest BCUT2D eigenvalue weighted by molar-refractivity contribution is 6.14. The Morgan fingerprint density at radius 3 is 2.72 bits per heavy atom. The zero-order valence-electron chi connectivity index (χ0n) is 17.6. The summed E-state index contributed by atoms with van der Waals surface area (Å²) in [6, 6.07) is 10.9. The van der Waals surface area contributed by atoms with E-state index in [9.17, 15) is 0 Å². The molecule has 2 aromatic heterocycles. The molecule has 150 valence electrons. The highest BCUT2D eigenvalue weighted by atomic mass is 16.5. The molecule has 5 rings (SSSR count). The molecule has 0 amide bonds. The van der Waals surface area contributed by atoms with E-state index in [1.807, 2.05) is 12.4 Å². The molecule has 0 N–H and O–H groups in total. The fraction of sp³-hybridized carbons (Fsp3) is 0.400. The summed E-state index contributed by atoms with van der Waals surface area (Å²) in [4.78, 5) is 6.85. The van der Waals surface area contributed by atoms with E-state index >= 15 is 0 Å². The number of hydrogen-bond acceptors (Lipinski definition) is 3. The summed E-state index contributed by atoms with van der Waals surface area (Å²) >= 11 is 0. The smallest absolute Gasteiger partial charge is 0.120 e. The molecule has 0 spiro atoms. The Kier molecular flexibility index (Phi) is 4.67. The van der Waals surface area contributed by atoms with Crippen molar-refractivity contribution in [1.29, 1.82) is 0 Å². The Hall–Kier alpha value is -2.59. The van der Waals surface area contributed by atoms with Gasteiger partial charge in [-0.1, -0.05) is 6.92 Å². The third kappa shape index (κ3) is 3.25. The predicted molar refractivity (Wildman–Crippen MR) is 121 cm³/mol. The fourth-order valence-electron chi connectivity index (χ4n) is 4.87. The molecule has 4 aromatic rings. The molecule has 1 saturated heterocycles. The molecular formula is C25H29N3O. The molecule has 2 aromatic carbocycles. The lowest BCUT2D eigenvalue weighted by Gasteiger charge is -2.29. The summed E-state index contributed by atoms with van der Waals surface area (Å²) in [7, 11) is 2.16. The topological polar surface area (TPSA) is 30.3 Å². The quantitative estimate of drug-likeness (QED) is 0.476. The van der Waals surface area contributed by atoms with E-state index in [0.29, 0.717) is 0 Å². The lowest BCUT2D eigenvalue weighted by molar-refractivity contribution is 0.160. The fourth-order valence-corrected chi connectivity index (χ4v) is 4.87. The van der Waals surface area contributed by atoms with Gasteiger partial charge in [0.1, 0.15) is 12.4 Å². The number of ether oxygens (including phenoxy) is 1. The van der Waals surface area contributed by atoms with Gasteiger partial charge in [-0.25, -0.2) is 0 Å². The number of rotatable bonds is 4. The number of hydrogen-bond donors (Lipinski definition) is 0. The zero-order chi connectivity index (χ0) is 20.0. The Morgan fingerprint density at radius 2 is 1.90 bits per heavy atom. The first-order chi connectivity index (χ1) is 14.1. The average molecular weight is 388 g/mol. The van der Waals surface area contributed by atoms with Crippen LogP contribution < -0.4 is 4.74 Å². The van der Waals surface area contributed by atoms with Crippen LogP contribution in [-0.4, -0.2) is 40.7 Å². The van der Waals surface area contributed by atoms with Crippen molar-refractivity contribution in [3.63, 3.8) is 0 Å². The summed E-state index contributed by atoms with van der Waals surface area (Å²) in [5.74, 6) is 1.83. The van der Waals surface area contributed by atoms with Crippen LogP contribution in [0.3, 0.4) is 0 Å². The molecule has 0 atom stereocenters. The molecular weight excluding hydrogens is 358 g/mol. The van der Waals surface area contributed by atoms with Crippen molar-refractivity contribution in [1.82, 2.24) is 14.5 Å². The molecule has 0 bridgehead atoms. The SMILES string of the molecule is Cc1c2ccncc2cc2c3cc(OCCN4CCC(C)CC4)ccc3n(C)c12. The molecule has 29 heavy (non-hydrogen) atoms. The van der Waals surface area contributed by atoms with Gasteiger partial charge in [-0.05, 0) is 80.1 Å². The average Bonchev–Trinajstić information content (AvgIpc) is 3.01. The summed E-state index contributed by atoms with van der Waals surface area (Å²) in [6.45, 7) is 8.72. The first-order valence-electron chi connectivity index (χ1n) is 10.7. The van der Waals surface area contributed by atoms with Gasteiger partial charge in [0.25, 0.3) is 0 Å². The second-order valence-electron chi connectivity index (χ2n) is 8.61. The van der Waals surface area contributed by atoms with Gasteiger partial charge in [0.2, 0.25) is 0 Å². The number of pyridine rings is 1. The molecule has 0 unspecified atom stereocenters. The Morgan fingerprint density at radius 1 is 1.07 bits per heavy atom. The van der Waals surface area contributed by atoms with Crippen molar-refractivity contribution in [3.05, 3.63) is 48.3 Å². The largest absolute Gasteiger partial charge is 0.492 e. The van der Waals surface area contributed by atoms with Crippen LogP contribution in [0.25, 0.3) is 32.6 Å². The number of aromatic nitrogens is 2. The maximum Gasteiger partial charge on any atom is 0.120 e. The van der Waals surface area contributed by atoms with Crippen molar-refractivity contribution in [3.8, 4) is 5.75 Å². The van der Waals surface area contributed by atoms with Crippen LogP contribution in [0.15, 0.2) is 42.7 Å². The molecule has 4 heteroatoms. The van der Waals surface area contributed by atoms with Crippen molar-refractivity contribution in [2.24, 2.45) is 13.0 Å². The molecule has 1 fully saturated rings. The Bertz CT molecular complexity index is 1190. The summed E-state index contributed by atoms with van der Waals surface area (Å²) in [5.41, 5.74) is 3.84. The minimum Gasteiger partial charge on any atom is -0.492 e. The minimum atomic E-state index is 0.747. The van der Waals surface area contributed by atoms with Gasteiger partial charge < -0.3 is 9.30 Å². The number of nitrogens with zero attached hydrogens (tertiary/aromatic N) is 3. The van der Waals surface area contributed by atoms with Crippen LogP contribution in [-0.2, 0) is 7.05 Å². The van der Waals surface area contributed by atoms with Crippen LogP contribution in [0.2, 0.25) is 0 Å². The van der Waals surface area contributed by atoms with E-state index < -0.39 is 0 Å². The molecule has 0 radical (unpaired) electrons. The lowest BCUT2D eigenvalue weighted by Crippen LogP contribution is -2.35. The maximum absolute atomic E-state index is 6.16. The van der Waals surface area contributed by atoms with Crippen LogP contribution in [0.5, 0.6) is 5.75 Å². The van der Waals surface area contributed by atoms with E-state index in [0.717, 1.165) is 24.8 Å². The van der Waals surface area contributed by atoms with Crippen LogP contribution in [0.1, 0.15) is 25.3 Å². The highest BCUT2D eigenvalue weighted by Gasteiger charge is 2.16. The number of benzene rings is 2. The summed E-state index contributed by atoms with van der Waals surface area (Å²) in [5, 5.41) is 4.98. The van der Waals surface area contributed by atoms with Crippen molar-refractivity contribution >= 4 is 32.6 Å². The number of fused-ring (bicyclic) bond motifs is 4. The third-order valence-corrected chi connectivity index (χ3v) is 6.67. The first kappa shape index (κ1) is 18.4. The van der Waals surface area contributed by atoms with Gasteiger partial charge in [-0.15, -0.1) is 0 Å². The van der Waals surface area contributed by atoms with Crippen LogP contribution in [0.4, 0.5) is 0 Å². The summed E-state index contributed by atoms with van der Waals surface area (Å²) in [6.07, 6.45) is 6.45. The highest BCUT2D eigenvalue weighted by Crippen LogP contribution is 2.36. The van der Waals surface area contributed by atoms with Gasteiger partial charge in [0.05, 0.1) is 5.52 Å². The summed E-state index contributed by atoms with van der Waals surface area (Å²) < 4.78 is 8.46. The maximum atomic E-state index is 6.16. The zero-order valence-corrected chi connectivity index (χ0v) is 17.6. The molecule has 1 aliphatic rings. The van der Waals surface area contributed by atoms with E-state index in [4.69, 9.17) is 4.74 Å². The number of likely N-dealkylation sites (tertiary alicyclic amines) is 1. The van der Waals surface area contributed by atoms with Gasteiger partial charge in [0.15, 0.2) is 0 Å². The lowest BCUT2D eigenvalue weighted by atomic mass is 9.99. The van der Waals surface area contributed by atoms with Crippen molar-refractivity contribution < 1.29 is 4.74 Å². The molecule has 4 nitrogen and oxygen atoms in total. The Labute approximate surface area is 172 Å². The standard InChI is InChI=1S/C25H29N3O/c1-17-7-10-28(11-8-17)12-13-29-20-4-5-24-22(15-20)23-14-19-16-26-9-6-21(19)18(2)25(23)27(24)3/h4-6,9,14-17H,7-8,10-13H2,1-3H3.